The van der Waals surface area contributed by atoms with Gasteiger partial charge < -0.3 is 13.9 Å². The first-order chi connectivity index (χ1) is 24.3. The van der Waals surface area contributed by atoms with Gasteiger partial charge in [-0.2, -0.15) is 0 Å². The second kappa shape index (κ2) is 9.86. The van der Waals surface area contributed by atoms with E-state index < -0.39 is 0 Å². The lowest BCUT2D eigenvalue weighted by atomic mass is 10.0. The Hall–Kier alpha value is -6.79. The first kappa shape index (κ1) is 26.3. The Labute approximate surface area is 280 Å². The van der Waals surface area contributed by atoms with Crippen LogP contribution in [0.15, 0.2) is 152 Å². The van der Waals surface area contributed by atoms with Gasteiger partial charge in [0.05, 0.1) is 39.0 Å². The Balaban J connectivity index is 1.20. The second-order valence-corrected chi connectivity index (χ2v) is 12.4. The number of para-hydroxylation sites is 5. The summed E-state index contributed by atoms with van der Waals surface area (Å²) in [5, 5.41) is 5.77. The van der Waals surface area contributed by atoms with Crippen LogP contribution in [0.4, 0.5) is 0 Å². The third-order valence-corrected chi connectivity index (χ3v) is 9.74. The molecule has 4 aromatic heterocycles. The number of hydrogen-bond acceptors (Lipinski definition) is 4. The zero-order chi connectivity index (χ0) is 32.1. The minimum absolute atomic E-state index is 0.655. The zero-order valence-electron chi connectivity index (χ0n) is 26.1. The van der Waals surface area contributed by atoms with E-state index in [1.54, 1.807) is 6.20 Å². The van der Waals surface area contributed by atoms with Crippen molar-refractivity contribution in [3.8, 4) is 45.6 Å². The van der Waals surface area contributed by atoms with Gasteiger partial charge in [-0.25, -0.2) is 9.97 Å². The number of aromatic nitrogens is 5. The number of pyridine rings is 1. The van der Waals surface area contributed by atoms with Crippen molar-refractivity contribution in [2.75, 3.05) is 0 Å². The molecule has 0 spiro atoms. The SMILES string of the molecule is c1ccc(-c2nc(-c3cccc(-n4c5ccccc5c5c6c7ccccc7n7c6c(cc54)Oc4ccccc4-7)c3)nc3ccccc23)nc1. The van der Waals surface area contributed by atoms with Crippen LogP contribution in [-0.2, 0) is 0 Å². The average molecular weight is 628 g/mol. The molecule has 0 amide bonds. The number of rotatable bonds is 3. The molecule has 0 unspecified atom stereocenters. The molecule has 1 aliphatic heterocycles. The number of ether oxygens (including phenoxy) is 1. The molecule has 0 atom stereocenters. The van der Waals surface area contributed by atoms with Crippen molar-refractivity contribution < 1.29 is 4.74 Å². The highest BCUT2D eigenvalue weighted by Gasteiger charge is 2.28. The van der Waals surface area contributed by atoms with Crippen LogP contribution in [0, 0.1) is 0 Å². The summed E-state index contributed by atoms with van der Waals surface area (Å²) in [6.07, 6.45) is 1.80. The second-order valence-electron chi connectivity index (χ2n) is 12.4. The van der Waals surface area contributed by atoms with Gasteiger partial charge in [0.15, 0.2) is 17.3 Å². The Bertz CT molecular complexity index is 2980. The van der Waals surface area contributed by atoms with Gasteiger partial charge in [0.1, 0.15) is 5.69 Å². The maximum absolute atomic E-state index is 6.70. The van der Waals surface area contributed by atoms with Crippen molar-refractivity contribution >= 4 is 54.5 Å². The Morgan fingerprint density at radius 3 is 2.10 bits per heavy atom. The van der Waals surface area contributed by atoms with Crippen molar-refractivity contribution in [2.24, 2.45) is 0 Å². The molecule has 0 aliphatic carbocycles. The standard InChI is InChI=1S/C43H25N5O/c1-4-17-31-28(14-1)41(32-18-9-10-23-44-32)46-43(45-31)26-12-11-13-27(24-26)47-33-19-5-2-15-29(33)39-36(47)25-38-42-40(39)30-16-3-6-20-34(30)48(42)35-21-7-8-22-37(35)49-38/h1-25H. The molecule has 0 saturated carbocycles. The van der Waals surface area contributed by atoms with Crippen LogP contribution in [0.1, 0.15) is 0 Å². The van der Waals surface area contributed by atoms with E-state index >= 15 is 0 Å². The Kier molecular flexibility index (Phi) is 5.29. The minimum atomic E-state index is 0.655. The molecule has 1 aliphatic rings. The number of fused-ring (bicyclic) bond motifs is 10. The minimum Gasteiger partial charge on any atom is -0.453 e. The lowest BCUT2D eigenvalue weighted by Crippen LogP contribution is -2.04. The highest BCUT2D eigenvalue weighted by atomic mass is 16.5. The summed E-state index contributed by atoms with van der Waals surface area (Å²) >= 11 is 0. The van der Waals surface area contributed by atoms with Crippen LogP contribution in [0.25, 0.3) is 88.7 Å². The lowest BCUT2D eigenvalue weighted by molar-refractivity contribution is 0.477. The predicted molar refractivity (Wildman–Crippen MR) is 197 cm³/mol. The molecular weight excluding hydrogens is 603 g/mol. The molecule has 0 radical (unpaired) electrons. The van der Waals surface area contributed by atoms with Crippen LogP contribution in [0.2, 0.25) is 0 Å². The lowest BCUT2D eigenvalue weighted by Gasteiger charge is -2.21. The van der Waals surface area contributed by atoms with Gasteiger partial charge in [-0.05, 0) is 54.6 Å². The summed E-state index contributed by atoms with van der Waals surface area (Å²) in [4.78, 5) is 14.8. The van der Waals surface area contributed by atoms with Crippen LogP contribution < -0.4 is 4.74 Å². The monoisotopic (exact) mass is 627 g/mol. The molecule has 0 N–H and O–H groups in total. The van der Waals surface area contributed by atoms with E-state index in [1.165, 1.54) is 21.5 Å². The van der Waals surface area contributed by atoms with Gasteiger partial charge >= 0.3 is 0 Å². The van der Waals surface area contributed by atoms with E-state index in [0.29, 0.717) is 5.82 Å². The van der Waals surface area contributed by atoms with Gasteiger partial charge in [0.25, 0.3) is 0 Å². The molecule has 6 nitrogen and oxygen atoms in total. The molecule has 228 valence electrons. The molecule has 0 fully saturated rings. The van der Waals surface area contributed by atoms with Gasteiger partial charge in [0, 0.05) is 50.4 Å². The summed E-state index contributed by atoms with van der Waals surface area (Å²) in [7, 11) is 0. The Morgan fingerprint density at radius 1 is 0.510 bits per heavy atom. The van der Waals surface area contributed by atoms with Crippen molar-refractivity contribution in [3.63, 3.8) is 0 Å². The first-order valence-electron chi connectivity index (χ1n) is 16.4. The third-order valence-electron chi connectivity index (χ3n) is 9.74. The van der Waals surface area contributed by atoms with E-state index in [0.717, 1.165) is 72.8 Å². The number of benzene rings is 6. The maximum atomic E-state index is 6.70. The topological polar surface area (TPSA) is 57.8 Å². The summed E-state index contributed by atoms with van der Waals surface area (Å²) < 4.78 is 11.4. The smallest absolute Gasteiger partial charge is 0.160 e. The van der Waals surface area contributed by atoms with Gasteiger partial charge in [-0.15, -0.1) is 0 Å². The van der Waals surface area contributed by atoms with Crippen LogP contribution >= 0.6 is 0 Å². The van der Waals surface area contributed by atoms with E-state index in [2.05, 4.69) is 111 Å². The predicted octanol–water partition coefficient (Wildman–Crippen LogP) is 10.7. The van der Waals surface area contributed by atoms with Gasteiger partial charge in [-0.3, -0.25) is 4.98 Å². The van der Waals surface area contributed by atoms with Gasteiger partial charge in [-0.1, -0.05) is 84.9 Å². The summed E-state index contributed by atoms with van der Waals surface area (Å²) in [5.74, 6) is 2.34. The van der Waals surface area contributed by atoms with Crippen molar-refractivity contribution in [1.82, 2.24) is 24.1 Å². The molecular formula is C43H25N5O. The van der Waals surface area contributed by atoms with Crippen LogP contribution in [-0.4, -0.2) is 24.1 Å². The highest BCUT2D eigenvalue weighted by Crippen LogP contribution is 2.50. The molecule has 5 heterocycles. The zero-order valence-corrected chi connectivity index (χ0v) is 26.1. The molecule has 0 bridgehead atoms. The molecule has 11 rings (SSSR count). The number of nitrogens with zero attached hydrogens (tertiary/aromatic N) is 5. The highest BCUT2D eigenvalue weighted by molar-refractivity contribution is 6.30. The largest absolute Gasteiger partial charge is 0.453 e. The first-order valence-corrected chi connectivity index (χ1v) is 16.4. The average Bonchev–Trinajstić information content (AvgIpc) is 3.69. The van der Waals surface area contributed by atoms with E-state index in [-0.39, 0.29) is 0 Å². The fourth-order valence-electron chi connectivity index (χ4n) is 7.72. The van der Waals surface area contributed by atoms with Crippen molar-refractivity contribution in [2.45, 2.75) is 0 Å². The maximum Gasteiger partial charge on any atom is 0.160 e. The summed E-state index contributed by atoms with van der Waals surface area (Å²) in [6.45, 7) is 0. The Morgan fingerprint density at radius 2 is 1.24 bits per heavy atom. The molecule has 49 heavy (non-hydrogen) atoms. The molecule has 0 saturated heterocycles. The summed E-state index contributed by atoms with van der Waals surface area (Å²) in [6, 6.07) is 50.4. The van der Waals surface area contributed by atoms with Crippen LogP contribution in [0.3, 0.4) is 0 Å². The van der Waals surface area contributed by atoms with E-state index in [1.807, 2.05) is 48.5 Å². The van der Waals surface area contributed by atoms with E-state index in [4.69, 9.17) is 14.7 Å². The van der Waals surface area contributed by atoms with Crippen LogP contribution in [0.5, 0.6) is 11.5 Å². The molecule has 6 heteroatoms. The van der Waals surface area contributed by atoms with Crippen molar-refractivity contribution in [1.29, 1.82) is 0 Å². The normalized spacial score (nSPS) is 12.2. The third kappa shape index (κ3) is 3.68. The van der Waals surface area contributed by atoms with Gasteiger partial charge in [0.2, 0.25) is 0 Å². The van der Waals surface area contributed by atoms with Crippen molar-refractivity contribution in [3.05, 3.63) is 152 Å². The fourth-order valence-corrected chi connectivity index (χ4v) is 7.72. The molecule has 6 aromatic carbocycles. The fraction of sp³-hybridized carbons (Fsp3) is 0. The number of hydrogen-bond donors (Lipinski definition) is 0. The quantitative estimate of drug-likeness (QED) is 0.196. The molecule has 10 aromatic rings. The van der Waals surface area contributed by atoms with E-state index in [9.17, 15) is 0 Å². The summed E-state index contributed by atoms with van der Waals surface area (Å²) in [5.41, 5.74) is 9.98.